The van der Waals surface area contributed by atoms with Gasteiger partial charge in [0.2, 0.25) is 5.91 Å². The Balaban J connectivity index is 1.31. The zero-order valence-electron chi connectivity index (χ0n) is 17.4. The summed E-state index contributed by atoms with van der Waals surface area (Å²) in [6.45, 7) is 3.71. The van der Waals surface area contributed by atoms with Crippen molar-refractivity contribution in [1.29, 1.82) is 0 Å². The maximum Gasteiger partial charge on any atom is 0.227 e. The Kier molecular flexibility index (Phi) is 8.77. The normalized spacial score (nSPS) is 19.6. The SMILES string of the molecule is CN=C(NCCCOCC1CCCO1)NCc1cccc(NC(=O)C2CCC2)c1. The molecule has 0 bridgehead atoms. The van der Waals surface area contributed by atoms with Gasteiger partial charge < -0.3 is 25.4 Å². The fourth-order valence-corrected chi connectivity index (χ4v) is 3.45. The van der Waals surface area contributed by atoms with Crippen molar-refractivity contribution in [2.24, 2.45) is 10.9 Å². The lowest BCUT2D eigenvalue weighted by molar-refractivity contribution is -0.122. The number of hydrogen-bond donors (Lipinski definition) is 3. The van der Waals surface area contributed by atoms with Crippen LogP contribution in [0.15, 0.2) is 29.3 Å². The number of carbonyl (C=O) groups excluding carboxylic acids is 1. The number of benzene rings is 1. The molecule has 3 N–H and O–H groups in total. The predicted molar refractivity (Wildman–Crippen MR) is 115 cm³/mol. The number of carbonyl (C=O) groups is 1. The third kappa shape index (κ3) is 7.33. The molecular formula is C22H34N4O3. The van der Waals surface area contributed by atoms with Gasteiger partial charge in [0, 0.05) is 45.0 Å². The first kappa shape index (κ1) is 21.6. The van der Waals surface area contributed by atoms with Gasteiger partial charge in [0.1, 0.15) is 0 Å². The van der Waals surface area contributed by atoms with Crippen LogP contribution in [0, 0.1) is 5.92 Å². The topological polar surface area (TPSA) is 84.0 Å². The van der Waals surface area contributed by atoms with Crippen molar-refractivity contribution < 1.29 is 14.3 Å². The minimum Gasteiger partial charge on any atom is -0.379 e. The van der Waals surface area contributed by atoms with E-state index in [1.807, 2.05) is 24.3 Å². The molecule has 2 aliphatic rings. The van der Waals surface area contributed by atoms with Gasteiger partial charge in [-0.25, -0.2) is 0 Å². The first-order chi connectivity index (χ1) is 14.2. The van der Waals surface area contributed by atoms with E-state index in [2.05, 4.69) is 20.9 Å². The molecule has 1 aromatic rings. The first-order valence-electron chi connectivity index (χ1n) is 10.8. The highest BCUT2D eigenvalue weighted by Gasteiger charge is 2.25. The van der Waals surface area contributed by atoms with Crippen molar-refractivity contribution in [3.63, 3.8) is 0 Å². The van der Waals surface area contributed by atoms with E-state index in [0.717, 1.165) is 68.9 Å². The summed E-state index contributed by atoms with van der Waals surface area (Å²) in [7, 11) is 1.76. The van der Waals surface area contributed by atoms with Crippen LogP contribution in [0.1, 0.15) is 44.1 Å². The van der Waals surface area contributed by atoms with Gasteiger partial charge in [-0.15, -0.1) is 0 Å². The van der Waals surface area contributed by atoms with E-state index in [1.54, 1.807) is 7.05 Å². The van der Waals surface area contributed by atoms with Crippen LogP contribution in [0.25, 0.3) is 0 Å². The van der Waals surface area contributed by atoms with Crippen LogP contribution in [0.5, 0.6) is 0 Å². The molecule has 1 aliphatic heterocycles. The van der Waals surface area contributed by atoms with Crippen molar-refractivity contribution in [2.75, 3.05) is 38.7 Å². The van der Waals surface area contributed by atoms with Crippen LogP contribution in [-0.4, -0.2) is 51.4 Å². The Bertz CT molecular complexity index is 670. The maximum atomic E-state index is 12.1. The lowest BCUT2D eigenvalue weighted by atomic mass is 9.85. The third-order valence-electron chi connectivity index (χ3n) is 5.44. The average Bonchev–Trinajstić information content (AvgIpc) is 3.19. The second-order valence-electron chi connectivity index (χ2n) is 7.73. The van der Waals surface area contributed by atoms with E-state index in [0.29, 0.717) is 19.8 Å². The van der Waals surface area contributed by atoms with Crippen molar-refractivity contribution in [1.82, 2.24) is 10.6 Å². The largest absolute Gasteiger partial charge is 0.379 e. The number of rotatable bonds is 10. The Morgan fingerprint density at radius 3 is 2.86 bits per heavy atom. The molecule has 29 heavy (non-hydrogen) atoms. The van der Waals surface area contributed by atoms with Gasteiger partial charge >= 0.3 is 0 Å². The van der Waals surface area contributed by atoms with Gasteiger partial charge in [0.25, 0.3) is 0 Å². The van der Waals surface area contributed by atoms with E-state index in [9.17, 15) is 4.79 Å². The lowest BCUT2D eigenvalue weighted by Crippen LogP contribution is -2.37. The number of aliphatic imine (C=N–C) groups is 1. The molecule has 7 nitrogen and oxygen atoms in total. The fraction of sp³-hybridized carbons (Fsp3) is 0.636. The standard InChI is InChI=1S/C22H34N4O3/c1-23-22(24-11-5-12-28-16-20-10-4-13-29-20)25-15-17-6-2-9-19(14-17)26-21(27)18-7-3-8-18/h2,6,9,14,18,20H,3-5,7-8,10-13,15-16H2,1H3,(H,26,27)(H2,23,24,25). The molecule has 1 amide bonds. The van der Waals surface area contributed by atoms with Crippen LogP contribution < -0.4 is 16.0 Å². The van der Waals surface area contributed by atoms with Crippen LogP contribution in [0.3, 0.4) is 0 Å². The molecule has 3 rings (SSSR count). The monoisotopic (exact) mass is 402 g/mol. The summed E-state index contributed by atoms with van der Waals surface area (Å²) >= 11 is 0. The molecule has 1 aliphatic carbocycles. The number of nitrogens with zero attached hydrogens (tertiary/aromatic N) is 1. The molecule has 0 aromatic heterocycles. The van der Waals surface area contributed by atoms with E-state index in [1.165, 1.54) is 0 Å². The summed E-state index contributed by atoms with van der Waals surface area (Å²) < 4.78 is 11.2. The van der Waals surface area contributed by atoms with Crippen LogP contribution in [-0.2, 0) is 20.8 Å². The Morgan fingerprint density at radius 1 is 1.24 bits per heavy atom. The van der Waals surface area contributed by atoms with Gasteiger partial charge in [-0.3, -0.25) is 9.79 Å². The fourth-order valence-electron chi connectivity index (χ4n) is 3.45. The number of hydrogen-bond acceptors (Lipinski definition) is 4. The van der Waals surface area contributed by atoms with E-state index in [4.69, 9.17) is 9.47 Å². The zero-order valence-corrected chi connectivity index (χ0v) is 17.4. The van der Waals surface area contributed by atoms with Crippen molar-refractivity contribution in [2.45, 2.75) is 51.2 Å². The summed E-state index contributed by atoms with van der Waals surface area (Å²) in [5.41, 5.74) is 1.95. The van der Waals surface area contributed by atoms with Gasteiger partial charge in [0.05, 0.1) is 12.7 Å². The molecule has 1 heterocycles. The first-order valence-corrected chi connectivity index (χ1v) is 10.8. The molecule has 1 saturated heterocycles. The third-order valence-corrected chi connectivity index (χ3v) is 5.44. The smallest absolute Gasteiger partial charge is 0.227 e. The Hall–Kier alpha value is -2.12. The number of guanidine groups is 1. The van der Waals surface area contributed by atoms with Gasteiger partial charge in [0.15, 0.2) is 5.96 Å². The van der Waals surface area contributed by atoms with E-state index < -0.39 is 0 Å². The highest BCUT2D eigenvalue weighted by Crippen LogP contribution is 2.27. The zero-order chi connectivity index (χ0) is 20.3. The Labute approximate surface area is 173 Å². The lowest BCUT2D eigenvalue weighted by Gasteiger charge is -2.24. The highest BCUT2D eigenvalue weighted by molar-refractivity contribution is 5.93. The second-order valence-corrected chi connectivity index (χ2v) is 7.73. The van der Waals surface area contributed by atoms with E-state index >= 15 is 0 Å². The minimum absolute atomic E-state index is 0.139. The van der Waals surface area contributed by atoms with Crippen LogP contribution >= 0.6 is 0 Å². The van der Waals surface area contributed by atoms with Crippen molar-refractivity contribution >= 4 is 17.6 Å². The molecule has 0 spiro atoms. The molecule has 2 fully saturated rings. The van der Waals surface area contributed by atoms with Crippen molar-refractivity contribution in [3.8, 4) is 0 Å². The van der Waals surface area contributed by atoms with Crippen molar-refractivity contribution in [3.05, 3.63) is 29.8 Å². The average molecular weight is 403 g/mol. The molecule has 1 aromatic carbocycles. The van der Waals surface area contributed by atoms with Crippen LogP contribution in [0.2, 0.25) is 0 Å². The summed E-state index contributed by atoms with van der Waals surface area (Å²) in [4.78, 5) is 16.4. The number of anilines is 1. The minimum atomic E-state index is 0.139. The molecule has 1 saturated carbocycles. The summed E-state index contributed by atoms with van der Waals surface area (Å²) in [5, 5.41) is 9.64. The second kappa shape index (κ2) is 11.8. The molecule has 160 valence electrons. The highest BCUT2D eigenvalue weighted by atomic mass is 16.5. The molecule has 1 unspecified atom stereocenters. The quantitative estimate of drug-likeness (QED) is 0.318. The number of ether oxygens (including phenoxy) is 2. The predicted octanol–water partition coefficient (Wildman–Crippen LogP) is 2.68. The van der Waals surface area contributed by atoms with Gasteiger partial charge in [-0.1, -0.05) is 18.6 Å². The van der Waals surface area contributed by atoms with Crippen LogP contribution in [0.4, 0.5) is 5.69 Å². The molecular weight excluding hydrogens is 368 g/mol. The molecule has 0 radical (unpaired) electrons. The molecule has 7 heteroatoms. The summed E-state index contributed by atoms with van der Waals surface area (Å²) in [5.74, 6) is 1.09. The van der Waals surface area contributed by atoms with E-state index in [-0.39, 0.29) is 17.9 Å². The number of nitrogens with one attached hydrogen (secondary N) is 3. The number of amides is 1. The Morgan fingerprint density at radius 2 is 2.14 bits per heavy atom. The maximum absolute atomic E-state index is 12.1. The summed E-state index contributed by atoms with van der Waals surface area (Å²) in [6, 6.07) is 7.95. The molecule has 1 atom stereocenters. The van der Waals surface area contributed by atoms with Gasteiger partial charge in [-0.2, -0.15) is 0 Å². The summed E-state index contributed by atoms with van der Waals surface area (Å²) in [6.07, 6.45) is 6.63. The van der Waals surface area contributed by atoms with Gasteiger partial charge in [-0.05, 0) is 49.8 Å².